The van der Waals surface area contributed by atoms with Crippen LogP contribution in [0.3, 0.4) is 0 Å². The molecule has 10 nitrogen and oxygen atoms in total. The Balaban J connectivity index is 3.35. The number of rotatable bonds is 12. The van der Waals surface area contributed by atoms with Gasteiger partial charge in [0.2, 0.25) is 0 Å². The first kappa shape index (κ1) is 28.9. The highest BCUT2D eigenvalue weighted by Gasteiger charge is 2.41. The Bertz CT molecular complexity index is 940. The van der Waals surface area contributed by atoms with Gasteiger partial charge in [0, 0.05) is 11.8 Å². The first-order valence-corrected chi connectivity index (χ1v) is 15.2. The second-order valence-electron chi connectivity index (χ2n) is 9.31. The van der Waals surface area contributed by atoms with Gasteiger partial charge in [-0.15, -0.1) is 0 Å². The number of carbonyl (C=O) groups is 1. The van der Waals surface area contributed by atoms with Crippen LogP contribution in [0.4, 0.5) is 0 Å². The predicted octanol–water partition coefficient (Wildman–Crippen LogP) is 4.21. The number of benzene rings is 1. The van der Waals surface area contributed by atoms with Gasteiger partial charge in [0.15, 0.2) is 8.32 Å². The first-order valence-electron chi connectivity index (χ1n) is 10.5. The van der Waals surface area contributed by atoms with Gasteiger partial charge in [-0.2, -0.15) is 8.42 Å². The second kappa shape index (κ2) is 11.8. The highest BCUT2D eigenvalue weighted by molar-refractivity contribution is 7.86. The molecule has 0 spiro atoms. The average molecular weight is 502 g/mol. The summed E-state index contributed by atoms with van der Waals surface area (Å²) < 4.78 is 46.2. The van der Waals surface area contributed by atoms with E-state index in [-0.39, 0.29) is 18.1 Å². The van der Waals surface area contributed by atoms with Crippen LogP contribution in [0.5, 0.6) is 5.75 Å². The van der Waals surface area contributed by atoms with Gasteiger partial charge in [0.1, 0.15) is 18.0 Å². The highest BCUT2D eigenvalue weighted by Crippen LogP contribution is 2.37. The lowest BCUT2D eigenvalue weighted by Crippen LogP contribution is -2.49. The third-order valence-electron chi connectivity index (χ3n) is 5.56. The number of carbonyl (C=O) groups excluding carboxylic acids is 1. The summed E-state index contributed by atoms with van der Waals surface area (Å²) in [6.45, 7) is 11.2. The average Bonchev–Trinajstić information content (AvgIpc) is 2.68. The molecule has 0 aliphatic rings. The summed E-state index contributed by atoms with van der Waals surface area (Å²) in [5.41, 5.74) is 9.95. The van der Waals surface area contributed by atoms with Gasteiger partial charge in [0.05, 0.1) is 26.0 Å². The number of esters is 1. The van der Waals surface area contributed by atoms with E-state index in [0.29, 0.717) is 5.75 Å². The Hall–Kier alpha value is -2.11. The van der Waals surface area contributed by atoms with E-state index in [9.17, 15) is 18.7 Å². The zero-order valence-corrected chi connectivity index (χ0v) is 22.4. The van der Waals surface area contributed by atoms with Crippen LogP contribution in [0, 0.1) is 0 Å². The fourth-order valence-electron chi connectivity index (χ4n) is 2.79. The maximum Gasteiger partial charge on any atom is 0.303 e. The fourth-order valence-corrected chi connectivity index (χ4v) is 4.42. The van der Waals surface area contributed by atoms with E-state index in [4.69, 9.17) is 18.1 Å². The fraction of sp³-hybridized carbons (Fsp3) is 0.667. The maximum absolute atomic E-state index is 12.0. The van der Waals surface area contributed by atoms with E-state index in [2.05, 4.69) is 10.0 Å². The topological polar surface area (TPSA) is 137 Å². The monoisotopic (exact) mass is 501 g/mol. The van der Waals surface area contributed by atoms with Gasteiger partial charge < -0.3 is 13.9 Å². The van der Waals surface area contributed by atoms with Gasteiger partial charge in [-0.25, -0.2) is 0 Å². The van der Waals surface area contributed by atoms with Crippen molar-refractivity contribution < 1.29 is 31.3 Å². The van der Waals surface area contributed by atoms with Gasteiger partial charge >= 0.3 is 5.97 Å². The largest absolute Gasteiger partial charge is 0.497 e. The molecular formula is C21H35N3O7SSi. The van der Waals surface area contributed by atoms with Crippen molar-refractivity contribution in [3.8, 4) is 5.75 Å². The van der Waals surface area contributed by atoms with Crippen LogP contribution in [0.25, 0.3) is 10.4 Å². The molecule has 0 N–H and O–H groups in total. The molecule has 0 amide bonds. The summed E-state index contributed by atoms with van der Waals surface area (Å²) in [5.74, 6) is -0.0148. The number of methoxy groups -OCH3 is 1. The minimum atomic E-state index is -3.94. The Morgan fingerprint density at radius 3 is 2.21 bits per heavy atom. The molecular weight excluding hydrogens is 466 g/mol. The molecule has 0 saturated carbocycles. The second-order valence-corrected chi connectivity index (χ2v) is 15.7. The molecule has 1 aromatic rings. The molecule has 0 aromatic heterocycles. The predicted molar refractivity (Wildman–Crippen MR) is 128 cm³/mol. The smallest absolute Gasteiger partial charge is 0.303 e. The van der Waals surface area contributed by atoms with Gasteiger partial charge in [0.25, 0.3) is 10.1 Å². The van der Waals surface area contributed by atoms with Crippen molar-refractivity contribution in [1.29, 1.82) is 0 Å². The molecule has 33 heavy (non-hydrogen) atoms. The summed E-state index contributed by atoms with van der Waals surface area (Å²) in [4.78, 5) is 14.8. The standard InChI is InChI=1S/C21H35N3O7SSi/c1-15(25)30-20(18(23-24-22)13-16-9-11-17(28-5)12-10-16)19(31-32(6,26)27)14-29-33(7,8)21(2,3)4/h9-12,18-20H,13-14H2,1-8H3/t18-,19-,20+/m1/s1. The van der Waals surface area contributed by atoms with E-state index in [1.165, 1.54) is 6.92 Å². The summed E-state index contributed by atoms with van der Waals surface area (Å²) in [6.07, 6.45) is -1.31. The van der Waals surface area contributed by atoms with Crippen molar-refractivity contribution in [2.24, 2.45) is 5.11 Å². The minimum Gasteiger partial charge on any atom is -0.497 e. The molecule has 0 saturated heterocycles. The van der Waals surface area contributed by atoms with E-state index in [1.54, 1.807) is 31.4 Å². The molecule has 1 rings (SSSR count). The lowest BCUT2D eigenvalue weighted by molar-refractivity contribution is -0.153. The number of azide groups is 1. The van der Waals surface area contributed by atoms with E-state index >= 15 is 0 Å². The highest BCUT2D eigenvalue weighted by atomic mass is 32.2. The molecule has 3 atom stereocenters. The quantitative estimate of drug-likeness (QED) is 0.104. The number of hydrogen-bond donors (Lipinski definition) is 0. The minimum absolute atomic E-state index is 0.146. The van der Waals surface area contributed by atoms with Crippen LogP contribution in [0.2, 0.25) is 18.1 Å². The molecule has 12 heteroatoms. The van der Waals surface area contributed by atoms with Crippen molar-refractivity contribution in [1.82, 2.24) is 0 Å². The number of nitrogens with zero attached hydrogens (tertiary/aromatic N) is 3. The summed E-state index contributed by atoms with van der Waals surface area (Å²) in [7, 11) is -4.70. The van der Waals surface area contributed by atoms with Gasteiger partial charge in [-0.05, 0) is 47.8 Å². The molecule has 0 bridgehead atoms. The zero-order valence-electron chi connectivity index (χ0n) is 20.6. The maximum atomic E-state index is 12.0. The van der Waals surface area contributed by atoms with Gasteiger partial charge in [-0.3, -0.25) is 8.98 Å². The Morgan fingerprint density at radius 1 is 1.21 bits per heavy atom. The van der Waals surface area contributed by atoms with Crippen LogP contribution in [-0.4, -0.2) is 60.9 Å². The van der Waals surface area contributed by atoms with Crippen LogP contribution in [0.15, 0.2) is 29.4 Å². The van der Waals surface area contributed by atoms with Crippen LogP contribution < -0.4 is 4.74 Å². The van der Waals surface area contributed by atoms with Crippen molar-refractivity contribution >= 4 is 24.4 Å². The Morgan fingerprint density at radius 2 is 1.79 bits per heavy atom. The number of ether oxygens (including phenoxy) is 2. The number of hydrogen-bond acceptors (Lipinski definition) is 8. The molecule has 0 unspecified atom stereocenters. The summed E-state index contributed by atoms with van der Waals surface area (Å²) in [5, 5.41) is 3.67. The SMILES string of the molecule is COc1ccc(C[C@@H](N=[N+]=[N-])[C@H](OC(C)=O)[C@@H](CO[Si](C)(C)C(C)(C)C)OS(C)(=O)=O)cc1. The van der Waals surface area contributed by atoms with Crippen LogP contribution >= 0.6 is 0 Å². The molecule has 0 fully saturated rings. The molecule has 186 valence electrons. The molecule has 1 aromatic carbocycles. The van der Waals surface area contributed by atoms with E-state index < -0.39 is 42.7 Å². The third kappa shape index (κ3) is 9.73. The van der Waals surface area contributed by atoms with Crippen LogP contribution in [0.1, 0.15) is 33.3 Å². The third-order valence-corrected chi connectivity index (χ3v) is 10.7. The molecule has 0 heterocycles. The van der Waals surface area contributed by atoms with Crippen LogP contribution in [-0.2, 0) is 34.7 Å². The molecule has 0 radical (unpaired) electrons. The normalized spacial score (nSPS) is 15.2. The summed E-state index contributed by atoms with van der Waals surface area (Å²) >= 11 is 0. The summed E-state index contributed by atoms with van der Waals surface area (Å²) in [6, 6.07) is 6.11. The van der Waals surface area contributed by atoms with Gasteiger partial charge in [-0.1, -0.05) is 38.0 Å². The Labute approximate surface area is 197 Å². The first-order chi connectivity index (χ1) is 15.1. The Kier molecular flexibility index (Phi) is 10.4. The van der Waals surface area contributed by atoms with Crippen molar-refractivity contribution in [3.05, 3.63) is 40.3 Å². The molecule has 0 aliphatic heterocycles. The molecule has 0 aliphatic carbocycles. The van der Waals surface area contributed by atoms with E-state index in [1.807, 2.05) is 33.9 Å². The lowest BCUT2D eigenvalue weighted by atomic mass is 9.98. The lowest BCUT2D eigenvalue weighted by Gasteiger charge is -2.38. The van der Waals surface area contributed by atoms with Crippen molar-refractivity contribution in [2.45, 2.75) is 70.5 Å². The van der Waals surface area contributed by atoms with Crippen molar-refractivity contribution in [3.63, 3.8) is 0 Å². The zero-order chi connectivity index (χ0) is 25.4. The van der Waals surface area contributed by atoms with Crippen molar-refractivity contribution in [2.75, 3.05) is 20.0 Å². The van der Waals surface area contributed by atoms with E-state index in [0.717, 1.165) is 11.8 Å².